The van der Waals surface area contributed by atoms with Gasteiger partial charge in [-0.2, -0.15) is 0 Å². The van der Waals surface area contributed by atoms with E-state index in [4.69, 9.17) is 15.2 Å². The second-order valence-corrected chi connectivity index (χ2v) is 4.27. The molecule has 0 bridgehead atoms. The summed E-state index contributed by atoms with van der Waals surface area (Å²) in [5.74, 6) is 1.23. The summed E-state index contributed by atoms with van der Waals surface area (Å²) in [4.78, 5) is 13.7. The van der Waals surface area contributed by atoms with E-state index in [1.807, 2.05) is 18.2 Å². The first-order valence-corrected chi connectivity index (χ1v) is 6.06. The Labute approximate surface area is 106 Å². The van der Waals surface area contributed by atoms with Crippen molar-refractivity contribution >= 4 is 5.91 Å². The maximum atomic E-state index is 12.1. The van der Waals surface area contributed by atoms with Crippen molar-refractivity contribution in [2.75, 3.05) is 26.7 Å². The standard InChI is InChI=1S/C13H18N2O3/c1-15(8-4-7-14)13(16)12-9-17-10-5-2-3-6-11(10)18-12/h2-3,5-6,12H,4,7-9,14H2,1H3. The first-order chi connectivity index (χ1) is 8.72. The molecule has 0 radical (unpaired) electrons. The molecule has 5 nitrogen and oxygen atoms in total. The normalized spacial score (nSPS) is 17.3. The Morgan fingerprint density at radius 1 is 1.44 bits per heavy atom. The van der Waals surface area contributed by atoms with Crippen LogP contribution in [0.15, 0.2) is 24.3 Å². The van der Waals surface area contributed by atoms with Crippen LogP contribution in [0.2, 0.25) is 0 Å². The number of para-hydroxylation sites is 2. The summed E-state index contributed by atoms with van der Waals surface area (Å²) in [7, 11) is 1.75. The molecule has 0 spiro atoms. The van der Waals surface area contributed by atoms with Crippen molar-refractivity contribution in [3.05, 3.63) is 24.3 Å². The number of nitrogens with zero attached hydrogens (tertiary/aromatic N) is 1. The lowest BCUT2D eigenvalue weighted by Gasteiger charge is -2.28. The summed E-state index contributed by atoms with van der Waals surface area (Å²) in [5.41, 5.74) is 5.42. The lowest BCUT2D eigenvalue weighted by Crippen LogP contribution is -2.45. The van der Waals surface area contributed by atoms with Crippen LogP contribution in [0, 0.1) is 0 Å². The van der Waals surface area contributed by atoms with Gasteiger partial charge in [0.15, 0.2) is 11.5 Å². The van der Waals surface area contributed by atoms with Gasteiger partial charge in [-0.3, -0.25) is 4.79 Å². The number of amides is 1. The molecule has 1 aromatic rings. The predicted molar refractivity (Wildman–Crippen MR) is 67.7 cm³/mol. The van der Waals surface area contributed by atoms with Crippen molar-refractivity contribution in [3.63, 3.8) is 0 Å². The van der Waals surface area contributed by atoms with E-state index in [1.165, 1.54) is 0 Å². The Bertz CT molecular complexity index is 422. The van der Waals surface area contributed by atoms with E-state index in [9.17, 15) is 4.79 Å². The van der Waals surface area contributed by atoms with Gasteiger partial charge in [-0.1, -0.05) is 12.1 Å². The number of fused-ring (bicyclic) bond motifs is 1. The molecule has 1 heterocycles. The zero-order valence-corrected chi connectivity index (χ0v) is 10.5. The maximum Gasteiger partial charge on any atom is 0.267 e. The first kappa shape index (κ1) is 12.7. The number of likely N-dealkylation sites (N-methyl/N-ethyl adjacent to an activating group) is 1. The number of carbonyl (C=O) groups excluding carboxylic acids is 1. The zero-order valence-electron chi connectivity index (χ0n) is 10.5. The lowest BCUT2D eigenvalue weighted by molar-refractivity contribution is -0.139. The Morgan fingerprint density at radius 3 is 2.89 bits per heavy atom. The fourth-order valence-electron chi connectivity index (χ4n) is 1.83. The fourth-order valence-corrected chi connectivity index (χ4v) is 1.83. The minimum atomic E-state index is -0.567. The molecule has 0 aliphatic carbocycles. The SMILES string of the molecule is CN(CCCN)C(=O)C1COc2ccccc2O1. The topological polar surface area (TPSA) is 64.8 Å². The van der Waals surface area contributed by atoms with Crippen LogP contribution in [0.4, 0.5) is 0 Å². The number of rotatable bonds is 4. The van der Waals surface area contributed by atoms with Crippen molar-refractivity contribution in [1.29, 1.82) is 0 Å². The second kappa shape index (κ2) is 5.73. The Balaban J connectivity index is 1.98. The van der Waals surface area contributed by atoms with Gasteiger partial charge in [0.2, 0.25) is 6.10 Å². The summed E-state index contributed by atoms with van der Waals surface area (Å²) >= 11 is 0. The van der Waals surface area contributed by atoms with Crippen molar-refractivity contribution in [2.45, 2.75) is 12.5 Å². The van der Waals surface area contributed by atoms with Gasteiger partial charge in [-0.15, -0.1) is 0 Å². The largest absolute Gasteiger partial charge is 0.485 e. The Kier molecular flexibility index (Phi) is 4.04. The monoisotopic (exact) mass is 250 g/mol. The number of hydrogen-bond acceptors (Lipinski definition) is 4. The van der Waals surface area contributed by atoms with Crippen molar-refractivity contribution in [1.82, 2.24) is 4.90 Å². The van der Waals surface area contributed by atoms with Crippen LogP contribution < -0.4 is 15.2 Å². The third-order valence-electron chi connectivity index (χ3n) is 2.86. The molecule has 0 fully saturated rings. The number of nitrogens with two attached hydrogens (primary N) is 1. The molecule has 98 valence electrons. The first-order valence-electron chi connectivity index (χ1n) is 6.06. The van der Waals surface area contributed by atoms with Crippen LogP contribution in [-0.2, 0) is 4.79 Å². The molecule has 1 aromatic carbocycles. The van der Waals surface area contributed by atoms with E-state index in [0.717, 1.165) is 6.42 Å². The molecule has 0 saturated heterocycles. The van der Waals surface area contributed by atoms with Gasteiger partial charge in [-0.05, 0) is 25.1 Å². The molecular weight excluding hydrogens is 232 g/mol. The Morgan fingerprint density at radius 2 is 2.17 bits per heavy atom. The molecule has 2 rings (SSSR count). The highest BCUT2D eigenvalue weighted by Gasteiger charge is 2.29. The highest BCUT2D eigenvalue weighted by atomic mass is 16.6. The quantitative estimate of drug-likeness (QED) is 0.851. The van der Waals surface area contributed by atoms with Gasteiger partial charge in [0.05, 0.1) is 0 Å². The molecule has 1 aliphatic rings. The lowest BCUT2D eigenvalue weighted by atomic mass is 10.2. The molecule has 1 amide bonds. The van der Waals surface area contributed by atoms with Crippen LogP contribution in [0.25, 0.3) is 0 Å². The fraction of sp³-hybridized carbons (Fsp3) is 0.462. The third kappa shape index (κ3) is 2.73. The van der Waals surface area contributed by atoms with E-state index in [2.05, 4.69) is 0 Å². The summed E-state index contributed by atoms with van der Waals surface area (Å²) in [6.07, 6.45) is 0.217. The minimum absolute atomic E-state index is 0.0713. The van der Waals surface area contributed by atoms with E-state index in [-0.39, 0.29) is 12.5 Å². The van der Waals surface area contributed by atoms with Gasteiger partial charge in [-0.25, -0.2) is 0 Å². The van der Waals surface area contributed by atoms with Crippen molar-refractivity contribution in [2.24, 2.45) is 5.73 Å². The van der Waals surface area contributed by atoms with Gasteiger partial charge >= 0.3 is 0 Å². The highest BCUT2D eigenvalue weighted by Crippen LogP contribution is 2.31. The van der Waals surface area contributed by atoms with E-state index in [0.29, 0.717) is 24.6 Å². The minimum Gasteiger partial charge on any atom is -0.485 e. The molecule has 5 heteroatoms. The summed E-state index contributed by atoms with van der Waals surface area (Å²) in [5, 5.41) is 0. The average Bonchev–Trinajstić information content (AvgIpc) is 2.43. The summed E-state index contributed by atoms with van der Waals surface area (Å²) < 4.78 is 11.2. The predicted octanol–water partition coefficient (Wildman–Crippen LogP) is 0.634. The van der Waals surface area contributed by atoms with Gasteiger partial charge in [0.25, 0.3) is 5.91 Å². The summed E-state index contributed by atoms with van der Waals surface area (Å²) in [6, 6.07) is 7.35. The molecule has 0 aromatic heterocycles. The van der Waals surface area contributed by atoms with Gasteiger partial charge < -0.3 is 20.1 Å². The Hall–Kier alpha value is -1.75. The molecule has 1 unspecified atom stereocenters. The zero-order chi connectivity index (χ0) is 13.0. The van der Waals surface area contributed by atoms with Crippen LogP contribution in [-0.4, -0.2) is 43.7 Å². The maximum absolute atomic E-state index is 12.1. The second-order valence-electron chi connectivity index (χ2n) is 4.27. The molecule has 1 aliphatic heterocycles. The number of hydrogen-bond donors (Lipinski definition) is 1. The van der Waals surface area contributed by atoms with Crippen LogP contribution in [0.5, 0.6) is 11.5 Å². The third-order valence-corrected chi connectivity index (χ3v) is 2.86. The highest BCUT2D eigenvalue weighted by molar-refractivity contribution is 5.81. The summed E-state index contributed by atoms with van der Waals surface area (Å²) in [6.45, 7) is 1.46. The molecule has 1 atom stereocenters. The van der Waals surface area contributed by atoms with Crippen LogP contribution in [0.3, 0.4) is 0 Å². The van der Waals surface area contributed by atoms with E-state index in [1.54, 1.807) is 18.0 Å². The van der Waals surface area contributed by atoms with Crippen LogP contribution in [0.1, 0.15) is 6.42 Å². The van der Waals surface area contributed by atoms with Crippen LogP contribution >= 0.6 is 0 Å². The molecule has 18 heavy (non-hydrogen) atoms. The number of ether oxygens (including phenoxy) is 2. The smallest absolute Gasteiger partial charge is 0.267 e. The van der Waals surface area contributed by atoms with E-state index < -0.39 is 6.10 Å². The number of carbonyl (C=O) groups is 1. The number of benzene rings is 1. The van der Waals surface area contributed by atoms with Gasteiger partial charge in [0, 0.05) is 13.6 Å². The molecule has 0 saturated carbocycles. The average molecular weight is 250 g/mol. The molecule has 2 N–H and O–H groups in total. The van der Waals surface area contributed by atoms with E-state index >= 15 is 0 Å². The van der Waals surface area contributed by atoms with Gasteiger partial charge in [0.1, 0.15) is 6.61 Å². The van der Waals surface area contributed by atoms with Crippen molar-refractivity contribution in [3.8, 4) is 11.5 Å². The molecular formula is C13H18N2O3. The van der Waals surface area contributed by atoms with Crippen molar-refractivity contribution < 1.29 is 14.3 Å².